The van der Waals surface area contributed by atoms with Crippen LogP contribution in [0.4, 0.5) is 13.2 Å². The first-order chi connectivity index (χ1) is 15.3. The Hall–Kier alpha value is -2.99. The summed E-state index contributed by atoms with van der Waals surface area (Å²) in [7, 11) is 1.32. The molecule has 2 aromatic rings. The molecule has 1 fully saturated rings. The van der Waals surface area contributed by atoms with Gasteiger partial charge in [-0.2, -0.15) is 0 Å². The Morgan fingerprint density at radius 1 is 1.03 bits per heavy atom. The lowest BCUT2D eigenvalue weighted by molar-refractivity contribution is 0.122. The van der Waals surface area contributed by atoms with Crippen LogP contribution >= 0.6 is 0 Å². The molecular weight excluding hydrogens is 417 g/mol. The van der Waals surface area contributed by atoms with E-state index in [0.29, 0.717) is 48.1 Å². The fraction of sp³-hybridized carbons (Fsp3) is 0.308. The van der Waals surface area contributed by atoms with Crippen molar-refractivity contribution < 1.29 is 27.8 Å². The predicted octanol–water partition coefficient (Wildman–Crippen LogP) is 6.60. The molecule has 1 aliphatic rings. The van der Waals surface area contributed by atoms with Gasteiger partial charge in [0.2, 0.25) is 0 Å². The van der Waals surface area contributed by atoms with Gasteiger partial charge in [0, 0.05) is 5.56 Å². The summed E-state index contributed by atoms with van der Waals surface area (Å²) in [6.07, 6.45) is 3.32. The summed E-state index contributed by atoms with van der Waals surface area (Å²) in [5.74, 6) is -2.04. The smallest absolute Gasteiger partial charge is 0.166 e. The van der Waals surface area contributed by atoms with Crippen LogP contribution in [0.5, 0.6) is 5.75 Å². The number of hydrogen-bond acceptors (Lipinski definition) is 3. The zero-order chi connectivity index (χ0) is 23.3. The second-order valence-corrected chi connectivity index (χ2v) is 7.93. The van der Waals surface area contributed by atoms with Crippen molar-refractivity contribution in [2.45, 2.75) is 37.7 Å². The molecule has 0 atom stereocenters. The first-order valence-corrected chi connectivity index (χ1v) is 10.5. The topological polar surface area (TPSA) is 38.7 Å². The molecule has 1 aliphatic carbocycles. The molecule has 0 unspecified atom stereocenters. The maximum absolute atomic E-state index is 14.8. The summed E-state index contributed by atoms with van der Waals surface area (Å²) in [5.41, 5.74) is 1.43. The van der Waals surface area contributed by atoms with Gasteiger partial charge in [0.05, 0.1) is 13.2 Å². The van der Waals surface area contributed by atoms with Crippen molar-refractivity contribution in [3.63, 3.8) is 0 Å². The summed E-state index contributed by atoms with van der Waals surface area (Å²) >= 11 is 0. The standard InChI is InChI=1S/C26H27F3O3/c1-16(14-24(27)17(2)31-3)15-32-21-10-6-19(7-11-21)23-13-12-22(25(28)26(23)29)18-4-8-20(30)9-5-18/h6-7,10-14,18,20,30H,1-2,4-5,8-9,15H2,3H3/b24-14+. The van der Waals surface area contributed by atoms with Crippen molar-refractivity contribution in [1.29, 1.82) is 0 Å². The highest BCUT2D eigenvalue weighted by Crippen LogP contribution is 2.37. The van der Waals surface area contributed by atoms with E-state index in [1.165, 1.54) is 13.2 Å². The Labute approximate surface area is 186 Å². The highest BCUT2D eigenvalue weighted by atomic mass is 19.2. The number of rotatable bonds is 8. The Balaban J connectivity index is 1.67. The van der Waals surface area contributed by atoms with Crippen molar-refractivity contribution >= 4 is 0 Å². The number of aliphatic hydroxyl groups excluding tert-OH is 1. The van der Waals surface area contributed by atoms with Crippen molar-refractivity contribution in [2.24, 2.45) is 0 Å². The average molecular weight is 444 g/mol. The Morgan fingerprint density at radius 3 is 2.31 bits per heavy atom. The molecule has 3 nitrogen and oxygen atoms in total. The third-order valence-electron chi connectivity index (χ3n) is 5.68. The normalized spacial score (nSPS) is 18.8. The van der Waals surface area contributed by atoms with Gasteiger partial charge in [0.1, 0.15) is 18.1 Å². The van der Waals surface area contributed by atoms with Crippen molar-refractivity contribution in [2.75, 3.05) is 13.7 Å². The largest absolute Gasteiger partial charge is 0.494 e. The van der Waals surface area contributed by atoms with Gasteiger partial charge in [-0.1, -0.05) is 37.4 Å². The molecule has 1 N–H and O–H groups in total. The third-order valence-corrected chi connectivity index (χ3v) is 5.68. The van der Waals surface area contributed by atoms with Crippen LogP contribution in [0.2, 0.25) is 0 Å². The highest BCUT2D eigenvalue weighted by molar-refractivity contribution is 5.65. The van der Waals surface area contributed by atoms with Crippen LogP contribution in [0, 0.1) is 11.6 Å². The van der Waals surface area contributed by atoms with E-state index < -0.39 is 17.5 Å². The van der Waals surface area contributed by atoms with E-state index in [9.17, 15) is 18.3 Å². The molecule has 3 rings (SSSR count). The van der Waals surface area contributed by atoms with E-state index in [4.69, 9.17) is 9.47 Å². The van der Waals surface area contributed by atoms with Crippen LogP contribution in [0.25, 0.3) is 11.1 Å². The number of benzene rings is 2. The van der Waals surface area contributed by atoms with Crippen LogP contribution < -0.4 is 4.74 Å². The highest BCUT2D eigenvalue weighted by Gasteiger charge is 2.25. The lowest BCUT2D eigenvalue weighted by atomic mass is 9.82. The van der Waals surface area contributed by atoms with Gasteiger partial charge in [0.15, 0.2) is 17.5 Å². The summed E-state index contributed by atoms with van der Waals surface area (Å²) in [4.78, 5) is 0. The second-order valence-electron chi connectivity index (χ2n) is 7.93. The summed E-state index contributed by atoms with van der Waals surface area (Å²) in [5, 5.41) is 9.64. The lowest BCUT2D eigenvalue weighted by Gasteiger charge is -2.26. The molecule has 0 bridgehead atoms. The molecular formula is C26H27F3O3. The zero-order valence-corrected chi connectivity index (χ0v) is 18.0. The van der Waals surface area contributed by atoms with E-state index in [-0.39, 0.29) is 30.0 Å². The van der Waals surface area contributed by atoms with Gasteiger partial charge in [-0.3, -0.25) is 0 Å². The molecule has 170 valence electrons. The van der Waals surface area contributed by atoms with Gasteiger partial charge in [-0.05, 0) is 66.5 Å². The maximum atomic E-state index is 14.8. The summed E-state index contributed by atoms with van der Waals surface area (Å²) < 4.78 is 53.6. The minimum absolute atomic E-state index is 0.0392. The molecule has 0 spiro atoms. The minimum atomic E-state index is -0.880. The van der Waals surface area contributed by atoms with E-state index >= 15 is 0 Å². The van der Waals surface area contributed by atoms with Crippen molar-refractivity contribution in [1.82, 2.24) is 0 Å². The van der Waals surface area contributed by atoms with Gasteiger partial charge in [-0.25, -0.2) is 13.2 Å². The number of hydrogen-bond donors (Lipinski definition) is 1. The summed E-state index contributed by atoms with van der Waals surface area (Å²) in [6.45, 7) is 7.18. The SMILES string of the molecule is C=C(/C=C(/F)C(=C)OC)COc1ccc(-c2ccc(C3CCC(O)CC3)c(F)c2F)cc1. The number of methoxy groups -OCH3 is 1. The van der Waals surface area contributed by atoms with Gasteiger partial charge in [-0.15, -0.1) is 0 Å². The zero-order valence-electron chi connectivity index (χ0n) is 18.0. The van der Waals surface area contributed by atoms with E-state index in [2.05, 4.69) is 13.2 Å². The third kappa shape index (κ3) is 5.62. The number of aliphatic hydroxyl groups is 1. The van der Waals surface area contributed by atoms with Crippen LogP contribution in [0.15, 0.2) is 72.8 Å². The van der Waals surface area contributed by atoms with Crippen LogP contribution in [0.3, 0.4) is 0 Å². The second kappa shape index (κ2) is 10.6. The van der Waals surface area contributed by atoms with Gasteiger partial charge < -0.3 is 14.6 Å². The Bertz CT molecular complexity index is 1000. The molecule has 0 aliphatic heterocycles. The fourth-order valence-electron chi connectivity index (χ4n) is 3.80. The molecule has 0 radical (unpaired) electrons. The molecule has 2 aromatic carbocycles. The molecule has 1 saturated carbocycles. The first-order valence-electron chi connectivity index (χ1n) is 10.5. The van der Waals surface area contributed by atoms with E-state index in [1.54, 1.807) is 36.4 Å². The first kappa shape index (κ1) is 23.7. The number of halogens is 3. The predicted molar refractivity (Wildman–Crippen MR) is 119 cm³/mol. The fourth-order valence-corrected chi connectivity index (χ4v) is 3.80. The van der Waals surface area contributed by atoms with E-state index in [1.807, 2.05) is 0 Å². The molecule has 0 heterocycles. The van der Waals surface area contributed by atoms with Gasteiger partial charge >= 0.3 is 0 Å². The minimum Gasteiger partial charge on any atom is -0.494 e. The quantitative estimate of drug-likeness (QED) is 0.368. The van der Waals surface area contributed by atoms with E-state index in [0.717, 1.165) is 0 Å². The summed E-state index contributed by atoms with van der Waals surface area (Å²) in [6, 6.07) is 9.76. The number of ether oxygens (including phenoxy) is 2. The molecule has 0 aromatic heterocycles. The lowest BCUT2D eigenvalue weighted by Crippen LogP contribution is -2.18. The van der Waals surface area contributed by atoms with Crippen molar-refractivity contribution in [3.05, 3.63) is 90.0 Å². The Kier molecular flexibility index (Phi) is 7.80. The maximum Gasteiger partial charge on any atom is 0.166 e. The molecule has 32 heavy (non-hydrogen) atoms. The van der Waals surface area contributed by atoms with Gasteiger partial charge in [0.25, 0.3) is 0 Å². The van der Waals surface area contributed by atoms with Crippen LogP contribution in [-0.2, 0) is 4.74 Å². The average Bonchev–Trinajstić information content (AvgIpc) is 2.80. The van der Waals surface area contributed by atoms with Crippen LogP contribution in [-0.4, -0.2) is 24.9 Å². The molecule has 6 heteroatoms. The monoisotopic (exact) mass is 444 g/mol. The number of allylic oxidation sites excluding steroid dienone is 1. The van der Waals surface area contributed by atoms with Crippen molar-refractivity contribution in [3.8, 4) is 16.9 Å². The van der Waals surface area contributed by atoms with Crippen LogP contribution in [0.1, 0.15) is 37.2 Å². The molecule has 0 saturated heterocycles. The molecule has 0 amide bonds. The Morgan fingerprint density at radius 2 is 1.69 bits per heavy atom.